The molecule has 4 aliphatic carbocycles. The van der Waals surface area contributed by atoms with E-state index in [2.05, 4.69) is 60.6 Å². The standard InChI is InChI=1S/C32H52O2/c1-9-24(21(2)3)11-10-22(4)27-15-18-32(8)29-13-12-25-20-26(34-23(5)33)14-17-30(25,6)28(29)16-19-31(27,32)7/h9,13,21-22,25-28H,10-12,14-20H2,1-8H3/b24-9-/t22-,25?,26+,27-,28?,30+,31-,32?/m1/s1. The van der Waals surface area contributed by atoms with Crippen molar-refractivity contribution in [2.75, 3.05) is 0 Å². The molecule has 2 nitrogen and oxygen atoms in total. The highest BCUT2D eigenvalue weighted by molar-refractivity contribution is 5.66. The second-order valence-corrected chi connectivity index (χ2v) is 13.6. The van der Waals surface area contributed by atoms with Crippen molar-refractivity contribution in [1.82, 2.24) is 0 Å². The van der Waals surface area contributed by atoms with Gasteiger partial charge in [-0.25, -0.2) is 0 Å². The Morgan fingerprint density at radius 2 is 1.85 bits per heavy atom. The molecule has 0 N–H and O–H groups in total. The van der Waals surface area contributed by atoms with Crippen LogP contribution in [0.5, 0.6) is 0 Å². The molecule has 192 valence electrons. The second-order valence-electron chi connectivity index (χ2n) is 13.6. The van der Waals surface area contributed by atoms with Crippen molar-refractivity contribution in [1.29, 1.82) is 0 Å². The summed E-state index contributed by atoms with van der Waals surface area (Å²) >= 11 is 0. The molecule has 3 fully saturated rings. The van der Waals surface area contributed by atoms with Gasteiger partial charge in [-0.2, -0.15) is 0 Å². The molecule has 0 saturated heterocycles. The maximum absolute atomic E-state index is 11.6. The third-order valence-corrected chi connectivity index (χ3v) is 11.9. The average molecular weight is 469 g/mol. The van der Waals surface area contributed by atoms with Crippen LogP contribution < -0.4 is 0 Å². The number of rotatable bonds is 6. The van der Waals surface area contributed by atoms with Crippen molar-refractivity contribution in [3.63, 3.8) is 0 Å². The fraction of sp³-hybridized carbons (Fsp3) is 0.844. The van der Waals surface area contributed by atoms with E-state index in [0.29, 0.717) is 28.1 Å². The van der Waals surface area contributed by atoms with Gasteiger partial charge in [0.15, 0.2) is 0 Å². The van der Waals surface area contributed by atoms with Crippen molar-refractivity contribution in [2.24, 2.45) is 45.8 Å². The van der Waals surface area contributed by atoms with Crippen LogP contribution in [0.4, 0.5) is 0 Å². The van der Waals surface area contributed by atoms with E-state index in [1.54, 1.807) is 12.5 Å². The Hall–Kier alpha value is -1.05. The number of carbonyl (C=O) groups excluding carboxylic acids is 1. The van der Waals surface area contributed by atoms with Gasteiger partial charge < -0.3 is 4.74 Å². The second kappa shape index (κ2) is 9.44. The molecule has 0 aromatic heterocycles. The van der Waals surface area contributed by atoms with Gasteiger partial charge in [0, 0.05) is 6.92 Å². The summed E-state index contributed by atoms with van der Waals surface area (Å²) in [6.45, 7) is 18.9. The maximum Gasteiger partial charge on any atom is 0.302 e. The normalized spacial score (nSPS) is 43.0. The predicted octanol–water partition coefficient (Wildman–Crippen LogP) is 8.91. The number of hydrogen-bond acceptors (Lipinski definition) is 2. The molecule has 0 aromatic rings. The van der Waals surface area contributed by atoms with Gasteiger partial charge in [-0.3, -0.25) is 4.79 Å². The van der Waals surface area contributed by atoms with Gasteiger partial charge in [0.1, 0.15) is 6.10 Å². The minimum atomic E-state index is -0.109. The number of ether oxygens (including phenoxy) is 1. The van der Waals surface area contributed by atoms with Crippen LogP contribution in [-0.2, 0) is 9.53 Å². The largest absolute Gasteiger partial charge is 0.463 e. The first kappa shape index (κ1) is 26.0. The Morgan fingerprint density at radius 3 is 2.50 bits per heavy atom. The number of allylic oxidation sites excluding steroid dienone is 4. The molecule has 0 radical (unpaired) electrons. The van der Waals surface area contributed by atoms with Gasteiger partial charge in [-0.1, -0.05) is 64.8 Å². The van der Waals surface area contributed by atoms with Crippen LogP contribution >= 0.6 is 0 Å². The van der Waals surface area contributed by atoms with E-state index in [4.69, 9.17) is 4.74 Å². The van der Waals surface area contributed by atoms with Crippen LogP contribution in [0.2, 0.25) is 0 Å². The molecule has 0 amide bonds. The highest BCUT2D eigenvalue weighted by Crippen LogP contribution is 2.72. The topological polar surface area (TPSA) is 26.3 Å². The zero-order chi connectivity index (χ0) is 24.9. The monoisotopic (exact) mass is 468 g/mol. The lowest BCUT2D eigenvalue weighted by molar-refractivity contribution is -0.152. The quantitative estimate of drug-likeness (QED) is 0.287. The Kier molecular flexibility index (Phi) is 7.22. The van der Waals surface area contributed by atoms with Crippen LogP contribution in [0.1, 0.15) is 120 Å². The Labute approximate surface area is 210 Å². The molecule has 0 bridgehead atoms. The molecular formula is C32H52O2. The van der Waals surface area contributed by atoms with Crippen molar-refractivity contribution in [2.45, 2.75) is 126 Å². The van der Waals surface area contributed by atoms with Crippen LogP contribution in [0.15, 0.2) is 23.3 Å². The van der Waals surface area contributed by atoms with Crippen LogP contribution in [0, 0.1) is 45.8 Å². The number of esters is 1. The minimum Gasteiger partial charge on any atom is -0.463 e. The first-order valence-electron chi connectivity index (χ1n) is 14.5. The molecular weight excluding hydrogens is 416 g/mol. The SMILES string of the molecule is C/C=C(/CC[C@@H](C)[C@H]1CCC2(C)C3=CCC4C[C@@H](OC(C)=O)CC[C@]4(C)C3CC[C@]12C)C(C)C. The van der Waals surface area contributed by atoms with Gasteiger partial charge in [0.25, 0.3) is 0 Å². The molecule has 3 unspecified atom stereocenters. The van der Waals surface area contributed by atoms with E-state index in [1.807, 2.05) is 5.57 Å². The van der Waals surface area contributed by atoms with Gasteiger partial charge in [0.05, 0.1) is 0 Å². The Balaban J connectivity index is 1.53. The van der Waals surface area contributed by atoms with E-state index < -0.39 is 0 Å². The van der Waals surface area contributed by atoms with E-state index in [0.717, 1.165) is 30.6 Å². The molecule has 0 heterocycles. The van der Waals surface area contributed by atoms with Gasteiger partial charge >= 0.3 is 5.97 Å². The van der Waals surface area contributed by atoms with Crippen molar-refractivity contribution >= 4 is 5.97 Å². The fourth-order valence-electron chi connectivity index (χ4n) is 9.52. The van der Waals surface area contributed by atoms with Crippen molar-refractivity contribution < 1.29 is 9.53 Å². The molecule has 34 heavy (non-hydrogen) atoms. The summed E-state index contributed by atoms with van der Waals surface area (Å²) in [7, 11) is 0. The lowest BCUT2D eigenvalue weighted by Gasteiger charge is -2.61. The molecule has 4 rings (SSSR count). The van der Waals surface area contributed by atoms with Crippen molar-refractivity contribution in [3.05, 3.63) is 23.3 Å². The first-order valence-corrected chi connectivity index (χ1v) is 14.5. The van der Waals surface area contributed by atoms with Gasteiger partial charge in [-0.15, -0.1) is 0 Å². The van der Waals surface area contributed by atoms with Gasteiger partial charge in [0.2, 0.25) is 0 Å². The van der Waals surface area contributed by atoms with E-state index >= 15 is 0 Å². The highest BCUT2D eigenvalue weighted by Gasteiger charge is 2.63. The summed E-state index contributed by atoms with van der Waals surface area (Å²) in [4.78, 5) is 11.6. The zero-order valence-corrected chi connectivity index (χ0v) is 23.5. The summed E-state index contributed by atoms with van der Waals surface area (Å²) < 4.78 is 5.67. The smallest absolute Gasteiger partial charge is 0.302 e. The molecule has 0 spiro atoms. The number of carbonyl (C=O) groups is 1. The Bertz CT molecular complexity index is 836. The summed E-state index contributed by atoms with van der Waals surface area (Å²) in [6.07, 6.45) is 17.8. The summed E-state index contributed by atoms with van der Waals surface area (Å²) in [5.41, 5.74) is 4.64. The number of hydrogen-bond donors (Lipinski definition) is 0. The molecule has 3 saturated carbocycles. The van der Waals surface area contributed by atoms with E-state index in [9.17, 15) is 4.79 Å². The third-order valence-electron chi connectivity index (χ3n) is 11.9. The predicted molar refractivity (Wildman–Crippen MR) is 142 cm³/mol. The third kappa shape index (κ3) is 4.13. The lowest BCUT2D eigenvalue weighted by Crippen LogP contribution is -2.53. The summed E-state index contributed by atoms with van der Waals surface area (Å²) in [5.74, 6) is 3.60. The van der Waals surface area contributed by atoms with E-state index in [1.165, 1.54) is 51.4 Å². The van der Waals surface area contributed by atoms with Crippen molar-refractivity contribution in [3.8, 4) is 0 Å². The van der Waals surface area contributed by atoms with E-state index in [-0.39, 0.29) is 12.1 Å². The Morgan fingerprint density at radius 1 is 1.12 bits per heavy atom. The molecule has 0 aromatic carbocycles. The first-order chi connectivity index (χ1) is 16.0. The van der Waals surface area contributed by atoms with Crippen LogP contribution in [0.3, 0.4) is 0 Å². The zero-order valence-electron chi connectivity index (χ0n) is 23.5. The maximum atomic E-state index is 11.6. The minimum absolute atomic E-state index is 0.109. The highest BCUT2D eigenvalue weighted by atomic mass is 16.5. The summed E-state index contributed by atoms with van der Waals surface area (Å²) in [5, 5.41) is 0. The average Bonchev–Trinajstić information content (AvgIpc) is 3.05. The molecule has 8 atom stereocenters. The molecule has 4 aliphatic rings. The van der Waals surface area contributed by atoms with Gasteiger partial charge in [-0.05, 0) is 117 Å². The fourth-order valence-corrected chi connectivity index (χ4v) is 9.52. The molecule has 2 heteroatoms. The number of fused-ring (bicyclic) bond motifs is 5. The lowest BCUT2D eigenvalue weighted by atomic mass is 9.43. The van der Waals surface area contributed by atoms with Crippen LogP contribution in [-0.4, -0.2) is 12.1 Å². The molecule has 0 aliphatic heterocycles. The van der Waals surface area contributed by atoms with Crippen LogP contribution in [0.25, 0.3) is 0 Å². The summed E-state index contributed by atoms with van der Waals surface area (Å²) in [6, 6.07) is 0.